The number of nitrogens with zero attached hydrogens (tertiary/aromatic N) is 1. The van der Waals surface area contributed by atoms with Crippen LogP contribution in [0.5, 0.6) is 28.7 Å². The molecule has 0 aromatic heterocycles. The monoisotopic (exact) mass is 1510 g/mol. The highest BCUT2D eigenvalue weighted by molar-refractivity contribution is 9.10. The van der Waals surface area contributed by atoms with Crippen molar-refractivity contribution in [3.63, 3.8) is 0 Å². The molecular weight excluding hydrogens is 1450 g/mol. The molecule has 29 heteroatoms. The van der Waals surface area contributed by atoms with E-state index in [0.29, 0.717) is 24.0 Å². The number of nitriles is 1. The Kier molecular flexibility index (Phi) is 26.5. The summed E-state index contributed by atoms with van der Waals surface area (Å²) in [7, 11) is -4.65. The SMILES string of the molecule is CC[NH+](CC)CC.COC1(O[C@@H]2[C@H](OC(=O)COc3ccc(Cl)cc3)[C@@H](OC(=O)COc3ccc(Cl)cc3)[C@H](OC(=O)COc3ccc(Cl)cc3)[C@@H](OC3(c4cccc(C(F)(F)F)c4)c4cc(Br)ccc4Oc4ccc(Br)cc43)[C@@H]2OP(=O)([O-])OCCC#N)CCOCC1. The number of rotatable bonds is 26. The molecule has 20 nitrogen and oxygen atoms in total. The van der Waals surface area contributed by atoms with Gasteiger partial charge in [0, 0.05) is 55.1 Å². The van der Waals surface area contributed by atoms with Gasteiger partial charge >= 0.3 is 24.1 Å². The van der Waals surface area contributed by atoms with Crippen LogP contribution >= 0.6 is 74.5 Å². The van der Waals surface area contributed by atoms with Crippen molar-refractivity contribution in [1.29, 1.82) is 5.26 Å². The molecule has 0 radical (unpaired) electrons. The molecular formula is C65H65Br2Cl3F3N2O18P. The molecule has 0 bridgehead atoms. The largest absolute Gasteiger partial charge is 0.756 e. The maximum Gasteiger partial charge on any atom is 0.416 e. The van der Waals surface area contributed by atoms with Crippen molar-refractivity contribution in [2.24, 2.45) is 0 Å². The highest BCUT2D eigenvalue weighted by atomic mass is 79.9. The normalized spacial score (nSPS) is 20.1. The number of benzene rings is 6. The number of fused-ring (bicyclic) bond motifs is 2. The molecule has 7 atom stereocenters. The quantitative estimate of drug-likeness (QED) is 0.0174. The van der Waals surface area contributed by atoms with Gasteiger partial charge in [-0.25, -0.2) is 14.4 Å². The van der Waals surface area contributed by atoms with Crippen molar-refractivity contribution in [3.05, 3.63) is 180 Å². The van der Waals surface area contributed by atoms with Crippen LogP contribution in [0.3, 0.4) is 0 Å². The van der Waals surface area contributed by atoms with Crippen molar-refractivity contribution in [2.45, 2.75) is 94.2 Å². The number of phosphoric ester groups is 1. The Morgan fingerprint density at radius 1 is 0.649 bits per heavy atom. The molecule has 0 amide bonds. The third-order valence-electron chi connectivity index (χ3n) is 15.2. The fraction of sp³-hybridized carbons (Fsp3) is 0.385. The highest BCUT2D eigenvalue weighted by Gasteiger charge is 2.64. The van der Waals surface area contributed by atoms with Crippen LogP contribution in [-0.4, -0.2) is 127 Å². The molecule has 6 aromatic carbocycles. The zero-order valence-corrected chi connectivity index (χ0v) is 57.3. The van der Waals surface area contributed by atoms with Gasteiger partial charge in [0.15, 0.2) is 49.5 Å². The van der Waals surface area contributed by atoms with E-state index in [1.807, 2.05) is 0 Å². The molecule has 94 heavy (non-hydrogen) atoms. The molecule has 1 N–H and O–H groups in total. The van der Waals surface area contributed by atoms with Gasteiger partial charge < -0.3 is 70.9 Å². The Labute approximate surface area is 572 Å². The molecule has 2 heterocycles. The van der Waals surface area contributed by atoms with E-state index < -0.39 is 118 Å². The summed E-state index contributed by atoms with van der Waals surface area (Å²) in [5.41, 5.74) is -4.06. The third kappa shape index (κ3) is 19.4. The Morgan fingerprint density at radius 3 is 1.49 bits per heavy atom. The first-order valence-corrected chi connectivity index (χ1v) is 33.6. The van der Waals surface area contributed by atoms with Crippen LogP contribution < -0.4 is 28.7 Å². The summed E-state index contributed by atoms with van der Waals surface area (Å²) in [4.78, 5) is 60.6. The van der Waals surface area contributed by atoms with Crippen LogP contribution in [0.1, 0.15) is 62.3 Å². The van der Waals surface area contributed by atoms with Crippen LogP contribution in [0, 0.1) is 11.3 Å². The number of alkyl halides is 3. The van der Waals surface area contributed by atoms with Gasteiger partial charge in [0.25, 0.3) is 7.82 Å². The number of halogens is 8. The molecule has 1 saturated carbocycles. The summed E-state index contributed by atoms with van der Waals surface area (Å²) in [5, 5.41) is 10.5. The average Bonchev–Trinajstić information content (AvgIpc) is 0.708. The molecule has 0 spiro atoms. The van der Waals surface area contributed by atoms with E-state index in [-0.39, 0.29) is 71.5 Å². The van der Waals surface area contributed by atoms with Crippen LogP contribution in [0.4, 0.5) is 13.2 Å². The predicted molar refractivity (Wildman–Crippen MR) is 341 cm³/mol. The van der Waals surface area contributed by atoms with E-state index in [0.717, 1.165) is 18.2 Å². The summed E-state index contributed by atoms with van der Waals surface area (Å²) in [5.74, 6) is -5.33. The molecule has 6 aromatic rings. The summed E-state index contributed by atoms with van der Waals surface area (Å²) in [6.07, 6.45) is -19.5. The van der Waals surface area contributed by atoms with Crippen LogP contribution in [0.2, 0.25) is 15.1 Å². The number of nitrogens with one attached hydrogen (secondary N) is 1. The van der Waals surface area contributed by atoms with Gasteiger partial charge in [-0.1, -0.05) is 78.8 Å². The molecule has 1 saturated heterocycles. The predicted octanol–water partition coefficient (Wildman–Crippen LogP) is 12.2. The lowest BCUT2D eigenvalue weighted by atomic mass is 9.76. The average molecular weight is 1520 g/mol. The van der Waals surface area contributed by atoms with Crippen LogP contribution in [0.25, 0.3) is 0 Å². The second-order valence-corrected chi connectivity index (χ2v) is 25.7. The van der Waals surface area contributed by atoms with E-state index in [2.05, 4.69) is 52.6 Å². The number of quaternary nitrogens is 1. The standard InChI is InChI=1S/C59H50Br2Cl3F3NO18P.C6H15N/c1-74-57(22-26-75-27-23-57)84-54-52(82-49(70)32-77-42-16-10-39(63)11-17-42)51(81-48(69)31-76-41-14-8-38(62)9-15-41)53(83-50(71)33-78-43-18-12-40(64)13-19-43)55(56(54)86-87(72,73)79-25-3-24-68)85-58(34-4-2-5-35(28-34)59(65,66)67)44-29-36(60)6-20-46(44)80-47-21-7-37(61)30-45(47)58;1-4-7(5-2)6-3/h2,4-21,28-30,51-56H,3,22-23,25-27,31-33H2,1H3,(H,72,73);4-6H2,1-3H3/t51-,52-,53+,54-,55-,56-;/m1./s1. The Morgan fingerprint density at radius 2 is 1.09 bits per heavy atom. The molecule has 504 valence electrons. The van der Waals surface area contributed by atoms with E-state index in [1.165, 1.54) is 130 Å². The van der Waals surface area contributed by atoms with Gasteiger partial charge in [-0.15, -0.1) is 0 Å². The van der Waals surface area contributed by atoms with Gasteiger partial charge in [0.1, 0.15) is 47.1 Å². The maximum atomic E-state index is 15.2. The second kappa shape index (κ2) is 33.8. The maximum absolute atomic E-state index is 15.2. The number of carbonyl (C=O) groups excluding carboxylic acids is 3. The zero-order chi connectivity index (χ0) is 67.8. The molecule has 2 fully saturated rings. The number of phosphoric acid groups is 1. The molecule has 1 aliphatic carbocycles. The summed E-state index contributed by atoms with van der Waals surface area (Å²) in [6, 6.07) is 32.3. The van der Waals surface area contributed by atoms with E-state index in [4.69, 9.17) is 96.0 Å². The molecule has 1 unspecified atom stereocenters. The van der Waals surface area contributed by atoms with Crippen LogP contribution in [0.15, 0.2) is 142 Å². The minimum Gasteiger partial charge on any atom is -0.756 e. The number of hydrogen-bond acceptors (Lipinski definition) is 19. The minimum atomic E-state index is -5.91. The number of esters is 3. The van der Waals surface area contributed by atoms with Gasteiger partial charge in [-0.05, 0) is 148 Å². The van der Waals surface area contributed by atoms with Crippen molar-refractivity contribution >= 4 is 92.4 Å². The van der Waals surface area contributed by atoms with Gasteiger partial charge in [-0.2, -0.15) is 18.4 Å². The summed E-state index contributed by atoms with van der Waals surface area (Å²) in [6.45, 7) is 6.83. The van der Waals surface area contributed by atoms with Crippen molar-refractivity contribution in [3.8, 4) is 34.8 Å². The number of carbonyl (C=O) groups is 3. The first-order valence-electron chi connectivity index (χ1n) is 29.4. The van der Waals surface area contributed by atoms with E-state index >= 15 is 13.2 Å². The first-order chi connectivity index (χ1) is 44.9. The lowest BCUT2D eigenvalue weighted by Crippen LogP contribution is -3.11. The lowest BCUT2D eigenvalue weighted by molar-refractivity contribution is -0.894. The lowest BCUT2D eigenvalue weighted by Gasteiger charge is -2.53. The van der Waals surface area contributed by atoms with E-state index in [9.17, 15) is 29.1 Å². The number of methoxy groups -OCH3 is 1. The fourth-order valence-corrected chi connectivity index (χ4v) is 12.6. The molecule has 3 aliphatic rings. The van der Waals surface area contributed by atoms with Crippen molar-refractivity contribution in [2.75, 3.05) is 66.4 Å². The topological polar surface area (TPSA) is 240 Å². The van der Waals surface area contributed by atoms with Crippen molar-refractivity contribution in [1.82, 2.24) is 0 Å². The Hall–Kier alpha value is -6.05. The first kappa shape index (κ1) is 73.8. The van der Waals surface area contributed by atoms with Gasteiger partial charge in [0.2, 0.25) is 0 Å². The molecule has 9 rings (SSSR count). The Balaban J connectivity index is 0.00000153. The minimum absolute atomic E-state index is 0.0129. The second-order valence-electron chi connectivity index (χ2n) is 21.2. The van der Waals surface area contributed by atoms with Crippen LogP contribution in [-0.2, 0) is 72.9 Å². The van der Waals surface area contributed by atoms with Gasteiger partial charge in [0.05, 0.1) is 57.5 Å². The molecule has 2 aliphatic heterocycles. The smallest absolute Gasteiger partial charge is 0.416 e. The number of hydrogen-bond donors (Lipinski definition) is 1. The summed E-state index contributed by atoms with van der Waals surface area (Å²) < 4.78 is 141. The summed E-state index contributed by atoms with van der Waals surface area (Å²) >= 11 is 25.4. The van der Waals surface area contributed by atoms with Gasteiger partial charge in [-0.3, -0.25) is 4.57 Å². The third-order valence-corrected chi connectivity index (χ3v) is 18.0. The number of ether oxygens (including phenoxy) is 11. The Bertz CT molecular complexity index is 3570. The highest BCUT2D eigenvalue weighted by Crippen LogP contribution is 2.57. The zero-order valence-electron chi connectivity index (χ0n) is 50.9. The fourth-order valence-electron chi connectivity index (χ4n) is 10.5. The van der Waals surface area contributed by atoms with Crippen molar-refractivity contribution < 1.29 is 103 Å². The van der Waals surface area contributed by atoms with E-state index in [1.54, 1.807) is 23.1 Å².